The van der Waals surface area contributed by atoms with E-state index < -0.39 is 0 Å². The number of amides is 1. The van der Waals surface area contributed by atoms with Gasteiger partial charge >= 0.3 is 0 Å². The third-order valence-corrected chi connectivity index (χ3v) is 3.95. The van der Waals surface area contributed by atoms with Crippen molar-refractivity contribution in [3.8, 4) is 5.75 Å². The Bertz CT molecular complexity index is 842. The van der Waals surface area contributed by atoms with Crippen LogP contribution in [-0.2, 0) is 20.2 Å². The number of carbonyl (C=O) groups is 1. The molecule has 128 valence electrons. The second-order valence-corrected chi connectivity index (χ2v) is 5.70. The summed E-state index contributed by atoms with van der Waals surface area (Å²) in [6, 6.07) is 17.0. The average molecular weight is 336 g/mol. The summed E-state index contributed by atoms with van der Waals surface area (Å²) >= 11 is 0. The maximum absolute atomic E-state index is 12.2. The summed E-state index contributed by atoms with van der Waals surface area (Å²) in [7, 11) is 1.87. The fourth-order valence-corrected chi connectivity index (χ4v) is 2.31. The van der Waals surface area contributed by atoms with Crippen molar-refractivity contribution in [2.75, 3.05) is 0 Å². The first-order valence-corrected chi connectivity index (χ1v) is 8.03. The van der Waals surface area contributed by atoms with Crippen LogP contribution in [0.1, 0.15) is 27.6 Å². The summed E-state index contributed by atoms with van der Waals surface area (Å²) in [4.78, 5) is 12.2. The Morgan fingerprint density at radius 1 is 1.08 bits per heavy atom. The van der Waals surface area contributed by atoms with Crippen LogP contribution in [0.5, 0.6) is 5.75 Å². The van der Waals surface area contributed by atoms with Crippen molar-refractivity contribution in [2.45, 2.75) is 20.1 Å². The third kappa shape index (κ3) is 4.23. The molecule has 0 unspecified atom stereocenters. The molecular weight excluding hydrogens is 316 g/mol. The van der Waals surface area contributed by atoms with E-state index in [1.54, 1.807) is 24.3 Å². The average Bonchev–Trinajstić information content (AvgIpc) is 2.97. The highest BCUT2D eigenvalue weighted by atomic mass is 16.5. The smallest absolute Gasteiger partial charge is 0.251 e. The van der Waals surface area contributed by atoms with Crippen molar-refractivity contribution in [3.63, 3.8) is 0 Å². The molecule has 1 aromatic heterocycles. The molecule has 0 spiro atoms. The largest absolute Gasteiger partial charge is 0.489 e. The lowest BCUT2D eigenvalue weighted by atomic mass is 10.2. The van der Waals surface area contributed by atoms with Gasteiger partial charge in [0.2, 0.25) is 0 Å². The van der Waals surface area contributed by atoms with E-state index in [1.165, 1.54) is 0 Å². The number of nitrogens with one attached hydrogen (secondary N) is 1. The summed E-state index contributed by atoms with van der Waals surface area (Å²) in [6.07, 6.45) is 0. The summed E-state index contributed by atoms with van der Waals surface area (Å²) in [5.74, 6) is 2.09. The SMILES string of the molecule is Cc1nnc(CNC(=O)c2ccc(OCc3ccccc3)cc2)n1C. The number of ether oxygens (including phenoxy) is 1. The Morgan fingerprint density at radius 3 is 2.44 bits per heavy atom. The molecule has 0 aliphatic carbocycles. The molecule has 0 saturated carbocycles. The van der Waals surface area contributed by atoms with Crippen molar-refractivity contribution in [3.05, 3.63) is 77.4 Å². The van der Waals surface area contributed by atoms with Crippen molar-refractivity contribution in [1.82, 2.24) is 20.1 Å². The second kappa shape index (κ2) is 7.61. The molecule has 3 rings (SSSR count). The zero-order valence-electron chi connectivity index (χ0n) is 14.3. The van der Waals surface area contributed by atoms with Crippen molar-refractivity contribution >= 4 is 5.91 Å². The maximum Gasteiger partial charge on any atom is 0.251 e. The molecule has 0 fully saturated rings. The number of carbonyl (C=O) groups excluding carboxylic acids is 1. The monoisotopic (exact) mass is 336 g/mol. The lowest BCUT2D eigenvalue weighted by molar-refractivity contribution is 0.0949. The third-order valence-electron chi connectivity index (χ3n) is 3.95. The van der Waals surface area contributed by atoms with Crippen LogP contribution in [0.2, 0.25) is 0 Å². The number of aryl methyl sites for hydroxylation is 1. The van der Waals surface area contributed by atoms with E-state index in [0.29, 0.717) is 24.5 Å². The molecule has 0 aliphatic heterocycles. The van der Waals surface area contributed by atoms with Crippen LogP contribution in [0, 0.1) is 6.92 Å². The molecule has 1 amide bonds. The highest BCUT2D eigenvalue weighted by molar-refractivity contribution is 5.94. The minimum atomic E-state index is -0.157. The van der Waals surface area contributed by atoms with Crippen LogP contribution in [0.4, 0.5) is 0 Å². The second-order valence-electron chi connectivity index (χ2n) is 5.70. The lowest BCUT2D eigenvalue weighted by Crippen LogP contribution is -2.24. The van der Waals surface area contributed by atoms with Gasteiger partial charge < -0.3 is 14.6 Å². The molecule has 25 heavy (non-hydrogen) atoms. The highest BCUT2D eigenvalue weighted by Gasteiger charge is 2.09. The minimum Gasteiger partial charge on any atom is -0.489 e. The number of hydrogen-bond acceptors (Lipinski definition) is 4. The van der Waals surface area contributed by atoms with Crippen molar-refractivity contribution in [2.24, 2.45) is 7.05 Å². The number of benzene rings is 2. The van der Waals surface area contributed by atoms with Crippen LogP contribution in [-0.4, -0.2) is 20.7 Å². The minimum absolute atomic E-state index is 0.157. The Kier molecular flexibility index (Phi) is 5.09. The zero-order chi connectivity index (χ0) is 17.6. The molecule has 0 saturated heterocycles. The lowest BCUT2D eigenvalue weighted by Gasteiger charge is -2.08. The Balaban J connectivity index is 1.54. The maximum atomic E-state index is 12.2. The number of hydrogen-bond donors (Lipinski definition) is 1. The molecular formula is C19H20N4O2. The number of aromatic nitrogens is 3. The standard InChI is InChI=1S/C19H20N4O2/c1-14-21-22-18(23(14)2)12-20-19(24)16-8-10-17(11-9-16)25-13-15-6-4-3-5-7-15/h3-11H,12-13H2,1-2H3,(H,20,24). The summed E-state index contributed by atoms with van der Waals surface area (Å²) < 4.78 is 7.57. The van der Waals surface area contributed by atoms with Gasteiger partial charge in [-0.05, 0) is 36.8 Å². The van der Waals surface area contributed by atoms with Crippen LogP contribution in [0.25, 0.3) is 0 Å². The quantitative estimate of drug-likeness (QED) is 0.751. The van der Waals surface area contributed by atoms with Crippen LogP contribution < -0.4 is 10.1 Å². The molecule has 3 aromatic rings. The molecule has 1 heterocycles. The summed E-state index contributed by atoms with van der Waals surface area (Å²) in [6.45, 7) is 2.70. The Labute approximate surface area is 146 Å². The fraction of sp³-hybridized carbons (Fsp3) is 0.211. The van der Waals surface area contributed by atoms with E-state index >= 15 is 0 Å². The number of nitrogens with zero attached hydrogens (tertiary/aromatic N) is 3. The van der Waals surface area contributed by atoms with Gasteiger partial charge in [0.15, 0.2) is 5.82 Å². The van der Waals surface area contributed by atoms with Gasteiger partial charge in [-0.15, -0.1) is 10.2 Å². The Hall–Kier alpha value is -3.15. The predicted molar refractivity (Wildman–Crippen MR) is 94.1 cm³/mol. The number of rotatable bonds is 6. The molecule has 6 heteroatoms. The zero-order valence-corrected chi connectivity index (χ0v) is 14.3. The van der Waals surface area contributed by atoms with Gasteiger partial charge in [-0.25, -0.2) is 0 Å². The Morgan fingerprint density at radius 2 is 1.80 bits per heavy atom. The summed E-state index contributed by atoms with van der Waals surface area (Å²) in [5.41, 5.74) is 1.68. The van der Waals surface area contributed by atoms with Crippen LogP contribution in [0.3, 0.4) is 0 Å². The summed E-state index contributed by atoms with van der Waals surface area (Å²) in [5, 5.41) is 10.8. The van der Waals surface area contributed by atoms with E-state index in [-0.39, 0.29) is 5.91 Å². The molecule has 0 bridgehead atoms. The highest BCUT2D eigenvalue weighted by Crippen LogP contribution is 2.14. The fourth-order valence-electron chi connectivity index (χ4n) is 2.31. The van der Waals surface area contributed by atoms with Gasteiger partial charge in [-0.1, -0.05) is 30.3 Å². The van der Waals surface area contributed by atoms with Crippen molar-refractivity contribution < 1.29 is 9.53 Å². The normalized spacial score (nSPS) is 10.5. The van der Waals surface area contributed by atoms with Crippen LogP contribution >= 0.6 is 0 Å². The van der Waals surface area contributed by atoms with Gasteiger partial charge in [-0.2, -0.15) is 0 Å². The van der Waals surface area contributed by atoms with Gasteiger partial charge in [0, 0.05) is 12.6 Å². The van der Waals surface area contributed by atoms with E-state index in [2.05, 4.69) is 15.5 Å². The molecule has 0 aliphatic rings. The van der Waals surface area contributed by atoms with Gasteiger partial charge in [0.1, 0.15) is 18.2 Å². The van der Waals surface area contributed by atoms with E-state index in [9.17, 15) is 4.79 Å². The first kappa shape index (κ1) is 16.7. The van der Waals surface area contributed by atoms with E-state index in [1.807, 2.05) is 48.9 Å². The van der Waals surface area contributed by atoms with Gasteiger partial charge in [0.05, 0.1) is 6.54 Å². The van der Waals surface area contributed by atoms with E-state index in [0.717, 1.165) is 17.1 Å². The van der Waals surface area contributed by atoms with Crippen LogP contribution in [0.15, 0.2) is 54.6 Å². The predicted octanol–water partition coefficient (Wildman–Crippen LogP) is 2.63. The molecule has 2 aromatic carbocycles. The van der Waals surface area contributed by atoms with Crippen molar-refractivity contribution in [1.29, 1.82) is 0 Å². The topological polar surface area (TPSA) is 69.0 Å². The van der Waals surface area contributed by atoms with E-state index in [4.69, 9.17) is 4.74 Å². The van der Waals surface area contributed by atoms with Gasteiger partial charge in [0.25, 0.3) is 5.91 Å². The first-order valence-electron chi connectivity index (χ1n) is 8.03. The molecule has 0 radical (unpaired) electrons. The molecule has 6 nitrogen and oxygen atoms in total. The molecule has 0 atom stereocenters. The first-order chi connectivity index (χ1) is 12.1. The molecule has 1 N–H and O–H groups in total. The van der Waals surface area contributed by atoms with Gasteiger partial charge in [-0.3, -0.25) is 4.79 Å².